The van der Waals surface area contributed by atoms with Gasteiger partial charge in [-0.05, 0) is 6.42 Å². The second-order valence-corrected chi connectivity index (χ2v) is 6.23. The third-order valence-electron chi connectivity index (χ3n) is 3.31. The number of aliphatic imine (C=N–C) groups is 1. The van der Waals surface area contributed by atoms with E-state index in [1.165, 1.54) is 64.3 Å². The van der Waals surface area contributed by atoms with Crippen molar-refractivity contribution in [2.24, 2.45) is 4.99 Å². The Morgan fingerprint density at radius 3 is 1.71 bits per heavy atom. The summed E-state index contributed by atoms with van der Waals surface area (Å²) in [5, 5.41) is 0. The molecule has 0 aromatic heterocycles. The van der Waals surface area contributed by atoms with Crippen molar-refractivity contribution in [3.63, 3.8) is 0 Å². The van der Waals surface area contributed by atoms with E-state index in [0.717, 1.165) is 13.1 Å². The van der Waals surface area contributed by atoms with Crippen LogP contribution in [0.2, 0.25) is 0 Å². The van der Waals surface area contributed by atoms with Crippen LogP contribution in [0.1, 0.15) is 64.7 Å². The van der Waals surface area contributed by atoms with Gasteiger partial charge in [0.25, 0.3) is 0 Å². The summed E-state index contributed by atoms with van der Waals surface area (Å²) in [7, 11) is -5.39. The molecule has 0 aromatic carbocycles. The van der Waals surface area contributed by atoms with E-state index in [2.05, 4.69) is 16.8 Å². The van der Waals surface area contributed by atoms with Crippen molar-refractivity contribution in [2.45, 2.75) is 64.7 Å². The van der Waals surface area contributed by atoms with E-state index < -0.39 is 7.82 Å². The fourth-order valence-corrected chi connectivity index (χ4v) is 2.21. The van der Waals surface area contributed by atoms with Crippen molar-refractivity contribution < 1.29 is 108 Å². The number of nitrogens with zero attached hydrogens (tertiary/aromatic N) is 2. The molecule has 1 aliphatic heterocycles. The van der Waals surface area contributed by atoms with Crippen LogP contribution in [-0.2, 0) is 4.57 Å². The standard InChI is InChI=1S/C14H28N2.3Na.H3O4P/c1-2-3-4-5-6-7-8-9-10-12-16-13-11-15-14-16;;;;1-5(2,3)4/h14H,2-13H2,1H3;;;;(H3,1,2,3,4)/q;3*+1;/p-3. The number of rotatable bonds is 10. The molecule has 0 saturated carbocycles. The minimum Gasteiger partial charge on any atom is -0.822 e. The van der Waals surface area contributed by atoms with Gasteiger partial charge < -0.3 is 24.1 Å². The molecule has 1 rings (SSSR count). The van der Waals surface area contributed by atoms with Gasteiger partial charge in [-0.1, -0.05) is 58.3 Å². The topological polar surface area (TPSA) is 102 Å². The molecule has 0 spiro atoms. The van der Waals surface area contributed by atoms with E-state index in [0.29, 0.717) is 0 Å². The second kappa shape index (κ2) is 23.6. The van der Waals surface area contributed by atoms with E-state index in [4.69, 9.17) is 19.2 Å². The first-order valence-electron chi connectivity index (χ1n) is 7.90. The molecule has 0 atom stereocenters. The molecule has 10 heteroatoms. The quantitative estimate of drug-likeness (QED) is 0.210. The number of phosphoric acid groups is 1. The maximum Gasteiger partial charge on any atom is 1.00 e. The first-order chi connectivity index (χ1) is 9.93. The van der Waals surface area contributed by atoms with Crippen LogP contribution in [0.4, 0.5) is 0 Å². The van der Waals surface area contributed by atoms with Gasteiger partial charge in [0, 0.05) is 13.1 Å². The zero-order chi connectivity index (χ0) is 16.0. The summed E-state index contributed by atoms with van der Waals surface area (Å²) in [6, 6.07) is 0. The number of hydrogen-bond acceptors (Lipinski definition) is 6. The smallest absolute Gasteiger partial charge is 0.822 e. The summed E-state index contributed by atoms with van der Waals surface area (Å²) in [4.78, 5) is 32.2. The number of hydrogen-bond donors (Lipinski definition) is 0. The van der Waals surface area contributed by atoms with E-state index in [1.807, 2.05) is 6.34 Å². The molecule has 126 valence electrons. The molecule has 0 amide bonds. The van der Waals surface area contributed by atoms with Gasteiger partial charge in [-0.2, -0.15) is 7.82 Å². The fourth-order valence-electron chi connectivity index (χ4n) is 2.21. The Balaban J connectivity index is -0.000000221. The Hall–Kier alpha value is 2.58. The van der Waals surface area contributed by atoms with Crippen LogP contribution in [0, 0.1) is 0 Å². The van der Waals surface area contributed by atoms with Crippen molar-refractivity contribution in [1.82, 2.24) is 4.90 Å². The molecular formula is C14H28N2Na3O4P. The molecule has 24 heavy (non-hydrogen) atoms. The zero-order valence-electron chi connectivity index (χ0n) is 16.0. The maximum atomic E-state index is 8.55. The monoisotopic (exact) mass is 388 g/mol. The van der Waals surface area contributed by atoms with Gasteiger partial charge in [-0.15, -0.1) is 0 Å². The van der Waals surface area contributed by atoms with Crippen LogP contribution in [0.15, 0.2) is 4.99 Å². The third-order valence-corrected chi connectivity index (χ3v) is 3.31. The van der Waals surface area contributed by atoms with E-state index in [-0.39, 0.29) is 88.7 Å². The maximum absolute atomic E-state index is 8.55. The minimum absolute atomic E-state index is 0. The summed E-state index contributed by atoms with van der Waals surface area (Å²) in [6.45, 7) is 5.66. The van der Waals surface area contributed by atoms with Gasteiger partial charge in [-0.25, -0.2) is 0 Å². The van der Waals surface area contributed by atoms with Gasteiger partial charge in [0.15, 0.2) is 0 Å². The van der Waals surface area contributed by atoms with E-state index in [1.54, 1.807) is 0 Å². The first-order valence-corrected chi connectivity index (χ1v) is 9.36. The molecular weight excluding hydrogens is 360 g/mol. The van der Waals surface area contributed by atoms with Crippen LogP contribution in [0.3, 0.4) is 0 Å². The molecule has 0 aromatic rings. The van der Waals surface area contributed by atoms with Gasteiger partial charge >= 0.3 is 88.7 Å². The summed E-state index contributed by atoms with van der Waals surface area (Å²) >= 11 is 0. The summed E-state index contributed by atoms with van der Waals surface area (Å²) in [6.07, 6.45) is 14.8. The van der Waals surface area contributed by atoms with Crippen LogP contribution in [0.5, 0.6) is 0 Å². The molecule has 0 N–H and O–H groups in total. The predicted octanol–water partition coefficient (Wildman–Crippen LogP) is -7.95. The average molecular weight is 388 g/mol. The average Bonchev–Trinajstić information content (AvgIpc) is 2.88. The van der Waals surface area contributed by atoms with E-state index >= 15 is 0 Å². The van der Waals surface area contributed by atoms with Crippen LogP contribution in [0.25, 0.3) is 0 Å². The summed E-state index contributed by atoms with van der Waals surface area (Å²) in [5.74, 6) is 0. The van der Waals surface area contributed by atoms with Crippen molar-refractivity contribution in [1.29, 1.82) is 0 Å². The first kappa shape index (κ1) is 34.1. The Labute approximate surface area is 213 Å². The molecule has 0 aliphatic carbocycles. The van der Waals surface area contributed by atoms with Gasteiger partial charge in [-0.3, -0.25) is 4.99 Å². The second-order valence-electron chi connectivity index (χ2n) is 5.33. The molecule has 0 saturated heterocycles. The van der Waals surface area contributed by atoms with Crippen LogP contribution in [-0.4, -0.2) is 30.9 Å². The van der Waals surface area contributed by atoms with Crippen LogP contribution < -0.4 is 103 Å². The van der Waals surface area contributed by atoms with Gasteiger partial charge in [0.2, 0.25) is 0 Å². The zero-order valence-corrected chi connectivity index (χ0v) is 22.9. The minimum atomic E-state index is -5.39. The Morgan fingerprint density at radius 1 is 0.917 bits per heavy atom. The predicted molar refractivity (Wildman–Crippen MR) is 79.8 cm³/mol. The Kier molecular flexibility index (Phi) is 33.6. The summed E-state index contributed by atoms with van der Waals surface area (Å²) in [5.41, 5.74) is 0. The molecule has 0 bridgehead atoms. The van der Waals surface area contributed by atoms with Crippen molar-refractivity contribution in [3.05, 3.63) is 0 Å². The van der Waals surface area contributed by atoms with E-state index in [9.17, 15) is 0 Å². The van der Waals surface area contributed by atoms with Gasteiger partial charge in [0.05, 0.1) is 12.9 Å². The normalized spacial score (nSPS) is 12.4. The molecule has 1 heterocycles. The van der Waals surface area contributed by atoms with Crippen molar-refractivity contribution >= 4 is 14.2 Å². The SMILES string of the molecule is CCCCCCCCCCCN1C=NCC1.O=P([O-])([O-])[O-].[Na+].[Na+].[Na+]. The molecule has 6 nitrogen and oxygen atoms in total. The number of unbranched alkanes of at least 4 members (excludes halogenated alkanes) is 8. The fraction of sp³-hybridized carbons (Fsp3) is 0.929. The summed E-state index contributed by atoms with van der Waals surface area (Å²) < 4.78 is 8.55. The molecule has 0 fully saturated rings. The third kappa shape index (κ3) is 32.3. The molecule has 0 unspecified atom stereocenters. The largest absolute Gasteiger partial charge is 1.00 e. The van der Waals surface area contributed by atoms with Crippen molar-refractivity contribution in [2.75, 3.05) is 19.6 Å². The van der Waals surface area contributed by atoms with Crippen LogP contribution >= 0.6 is 7.82 Å². The van der Waals surface area contributed by atoms with Gasteiger partial charge in [0.1, 0.15) is 0 Å². The van der Waals surface area contributed by atoms with Crippen molar-refractivity contribution in [3.8, 4) is 0 Å². The molecule has 1 aliphatic rings. The Morgan fingerprint density at radius 2 is 1.33 bits per heavy atom. The Bertz CT molecular complexity index is 312. The molecule has 0 radical (unpaired) electrons.